The smallest absolute Gasteiger partial charge is 0.238 e. The zero-order valence-corrected chi connectivity index (χ0v) is 16.7. The monoisotopic (exact) mass is 400 g/mol. The SMILES string of the molecule is CN(C)C(=O)CC1(Cc2cccc3c2OCO3)C(=O)N(C)c2ccc(Cl)cc21. The number of amides is 2. The zero-order chi connectivity index (χ0) is 20.1. The second-order valence-corrected chi connectivity index (χ2v) is 7.84. The lowest BCUT2D eigenvalue weighted by molar-refractivity contribution is -0.134. The van der Waals surface area contributed by atoms with Crippen LogP contribution in [0.1, 0.15) is 17.5 Å². The first-order valence-corrected chi connectivity index (χ1v) is 9.37. The lowest BCUT2D eigenvalue weighted by Crippen LogP contribution is -2.44. The summed E-state index contributed by atoms with van der Waals surface area (Å²) >= 11 is 6.27. The van der Waals surface area contributed by atoms with Crippen LogP contribution in [0.3, 0.4) is 0 Å². The highest BCUT2D eigenvalue weighted by Crippen LogP contribution is 2.49. The Morgan fingerprint density at radius 3 is 2.79 bits per heavy atom. The number of hydrogen-bond donors (Lipinski definition) is 0. The Morgan fingerprint density at radius 1 is 1.25 bits per heavy atom. The van der Waals surface area contributed by atoms with E-state index < -0.39 is 5.41 Å². The molecule has 0 spiro atoms. The average Bonchev–Trinajstić information content (AvgIpc) is 3.21. The number of anilines is 1. The summed E-state index contributed by atoms with van der Waals surface area (Å²) in [6, 6.07) is 11.0. The van der Waals surface area contributed by atoms with Crippen LogP contribution in [-0.2, 0) is 21.4 Å². The van der Waals surface area contributed by atoms with E-state index in [2.05, 4.69) is 0 Å². The molecular weight excluding hydrogens is 380 g/mol. The lowest BCUT2D eigenvalue weighted by atomic mass is 9.73. The molecule has 2 amide bonds. The molecule has 1 unspecified atom stereocenters. The number of benzene rings is 2. The molecule has 1 atom stereocenters. The van der Waals surface area contributed by atoms with E-state index in [0.29, 0.717) is 22.9 Å². The number of ether oxygens (including phenoxy) is 2. The molecule has 0 radical (unpaired) electrons. The summed E-state index contributed by atoms with van der Waals surface area (Å²) < 4.78 is 11.1. The normalized spacial score (nSPS) is 19.7. The topological polar surface area (TPSA) is 59.1 Å². The van der Waals surface area contributed by atoms with Crippen LogP contribution in [0, 0.1) is 0 Å². The van der Waals surface area contributed by atoms with E-state index >= 15 is 0 Å². The van der Waals surface area contributed by atoms with Crippen molar-refractivity contribution in [1.82, 2.24) is 4.90 Å². The molecule has 0 aliphatic carbocycles. The van der Waals surface area contributed by atoms with Crippen molar-refractivity contribution in [2.45, 2.75) is 18.3 Å². The molecule has 2 aliphatic heterocycles. The van der Waals surface area contributed by atoms with E-state index in [1.807, 2.05) is 24.3 Å². The predicted molar refractivity (Wildman–Crippen MR) is 106 cm³/mol. The molecule has 7 heteroatoms. The summed E-state index contributed by atoms with van der Waals surface area (Å²) in [5.74, 6) is 1.03. The van der Waals surface area contributed by atoms with Crippen LogP contribution in [0.25, 0.3) is 0 Å². The average molecular weight is 401 g/mol. The molecular formula is C21H21ClN2O4. The minimum absolute atomic E-state index is 0.0427. The molecule has 0 bridgehead atoms. The van der Waals surface area contributed by atoms with Crippen molar-refractivity contribution < 1.29 is 19.1 Å². The van der Waals surface area contributed by atoms with Gasteiger partial charge in [0.05, 0.1) is 5.41 Å². The Kier molecular flexibility index (Phi) is 4.46. The first-order valence-electron chi connectivity index (χ1n) is 8.99. The van der Waals surface area contributed by atoms with Crippen molar-refractivity contribution >= 4 is 29.1 Å². The van der Waals surface area contributed by atoms with E-state index in [4.69, 9.17) is 21.1 Å². The Morgan fingerprint density at radius 2 is 2.04 bits per heavy atom. The van der Waals surface area contributed by atoms with Crippen LogP contribution in [0.2, 0.25) is 5.02 Å². The van der Waals surface area contributed by atoms with Crippen molar-refractivity contribution in [3.8, 4) is 11.5 Å². The van der Waals surface area contributed by atoms with Gasteiger partial charge >= 0.3 is 0 Å². The van der Waals surface area contributed by atoms with Gasteiger partial charge in [0.1, 0.15) is 0 Å². The van der Waals surface area contributed by atoms with Gasteiger partial charge in [-0.3, -0.25) is 9.59 Å². The maximum atomic E-state index is 13.5. The standard InChI is InChI=1S/C21H21ClN2O4/c1-23(2)18(25)11-21(10-13-5-4-6-17-19(13)28-12-27-17)15-9-14(22)7-8-16(15)24(3)20(21)26/h4-9H,10-12H2,1-3H3. The Balaban J connectivity index is 1.88. The van der Waals surface area contributed by atoms with Crippen molar-refractivity contribution in [2.24, 2.45) is 0 Å². The first-order chi connectivity index (χ1) is 13.3. The lowest BCUT2D eigenvalue weighted by Gasteiger charge is -2.29. The van der Waals surface area contributed by atoms with Gasteiger partial charge < -0.3 is 19.3 Å². The summed E-state index contributed by atoms with van der Waals surface area (Å²) in [4.78, 5) is 29.4. The van der Waals surface area contributed by atoms with Gasteiger partial charge in [-0.1, -0.05) is 23.7 Å². The number of nitrogens with zero attached hydrogens (tertiary/aromatic N) is 2. The molecule has 2 aromatic rings. The number of fused-ring (bicyclic) bond motifs is 2. The third-order valence-corrected chi connectivity index (χ3v) is 5.71. The number of rotatable bonds is 4. The minimum atomic E-state index is -1.06. The highest BCUT2D eigenvalue weighted by Gasteiger charge is 2.51. The van der Waals surface area contributed by atoms with Crippen LogP contribution in [0.15, 0.2) is 36.4 Å². The highest BCUT2D eigenvalue weighted by molar-refractivity contribution is 6.31. The van der Waals surface area contributed by atoms with E-state index in [1.54, 1.807) is 38.2 Å². The molecule has 6 nitrogen and oxygen atoms in total. The Labute approximate surface area is 168 Å². The van der Waals surface area contributed by atoms with E-state index in [9.17, 15) is 9.59 Å². The van der Waals surface area contributed by atoms with Crippen molar-refractivity contribution in [3.05, 3.63) is 52.5 Å². The third kappa shape index (κ3) is 2.79. The van der Waals surface area contributed by atoms with Crippen LogP contribution in [0.4, 0.5) is 5.69 Å². The van der Waals surface area contributed by atoms with Gasteiger partial charge in [0.15, 0.2) is 11.5 Å². The molecule has 28 heavy (non-hydrogen) atoms. The van der Waals surface area contributed by atoms with Gasteiger partial charge in [0, 0.05) is 38.3 Å². The van der Waals surface area contributed by atoms with Crippen LogP contribution in [-0.4, -0.2) is 44.7 Å². The molecule has 2 heterocycles. The van der Waals surface area contributed by atoms with E-state index in [1.165, 1.54) is 4.90 Å². The zero-order valence-electron chi connectivity index (χ0n) is 16.0. The maximum Gasteiger partial charge on any atom is 0.238 e. The number of likely N-dealkylation sites (N-methyl/N-ethyl adjacent to an activating group) is 1. The van der Waals surface area contributed by atoms with Gasteiger partial charge in [0.25, 0.3) is 0 Å². The van der Waals surface area contributed by atoms with Crippen LogP contribution < -0.4 is 14.4 Å². The number of carbonyl (C=O) groups is 2. The highest BCUT2D eigenvalue weighted by atomic mass is 35.5. The minimum Gasteiger partial charge on any atom is -0.454 e. The molecule has 0 fully saturated rings. The fraction of sp³-hybridized carbons (Fsp3) is 0.333. The van der Waals surface area contributed by atoms with Crippen molar-refractivity contribution in [3.63, 3.8) is 0 Å². The molecule has 2 aromatic carbocycles. The summed E-state index contributed by atoms with van der Waals surface area (Å²) in [7, 11) is 5.11. The molecule has 0 saturated heterocycles. The third-order valence-electron chi connectivity index (χ3n) is 5.47. The van der Waals surface area contributed by atoms with Gasteiger partial charge in [0.2, 0.25) is 18.6 Å². The number of hydrogen-bond acceptors (Lipinski definition) is 4. The predicted octanol–water partition coefficient (Wildman–Crippen LogP) is 3.00. The van der Waals surface area contributed by atoms with Crippen molar-refractivity contribution in [1.29, 1.82) is 0 Å². The second-order valence-electron chi connectivity index (χ2n) is 7.40. The fourth-order valence-corrected chi connectivity index (χ4v) is 4.18. The van der Waals surface area contributed by atoms with Crippen LogP contribution in [0.5, 0.6) is 11.5 Å². The molecule has 0 aromatic heterocycles. The van der Waals surface area contributed by atoms with Gasteiger partial charge in [-0.2, -0.15) is 0 Å². The Hall–Kier alpha value is -2.73. The Bertz CT molecular complexity index is 975. The number of para-hydroxylation sites is 1. The summed E-state index contributed by atoms with van der Waals surface area (Å²) in [5.41, 5.74) is 1.30. The molecule has 2 aliphatic rings. The maximum absolute atomic E-state index is 13.5. The van der Waals surface area contributed by atoms with E-state index in [0.717, 1.165) is 16.8 Å². The van der Waals surface area contributed by atoms with Crippen molar-refractivity contribution in [2.75, 3.05) is 32.8 Å². The quantitative estimate of drug-likeness (QED) is 0.791. The van der Waals surface area contributed by atoms with Gasteiger partial charge in [-0.15, -0.1) is 0 Å². The number of carbonyl (C=O) groups excluding carboxylic acids is 2. The van der Waals surface area contributed by atoms with Gasteiger partial charge in [-0.05, 0) is 41.8 Å². The summed E-state index contributed by atoms with van der Waals surface area (Å²) in [6.07, 6.45) is 0.358. The molecule has 146 valence electrons. The first kappa shape index (κ1) is 18.6. The summed E-state index contributed by atoms with van der Waals surface area (Å²) in [5, 5.41) is 0.529. The molecule has 4 rings (SSSR count). The molecule has 0 saturated carbocycles. The largest absolute Gasteiger partial charge is 0.454 e. The second kappa shape index (κ2) is 6.71. The summed E-state index contributed by atoms with van der Waals surface area (Å²) in [6.45, 7) is 0.145. The van der Waals surface area contributed by atoms with Crippen LogP contribution >= 0.6 is 11.6 Å². The fourth-order valence-electron chi connectivity index (χ4n) is 4.01. The van der Waals surface area contributed by atoms with Gasteiger partial charge in [-0.25, -0.2) is 0 Å². The molecule has 0 N–H and O–H groups in total. The van der Waals surface area contributed by atoms with E-state index in [-0.39, 0.29) is 25.0 Å². The number of halogens is 1.